The molecule has 0 saturated carbocycles. The number of nitrogens with zero attached hydrogens (tertiary/aromatic N) is 4. The lowest BCUT2D eigenvalue weighted by molar-refractivity contribution is 0.0686. The molecule has 2 aromatic heterocycles. The molecule has 3 N–H and O–H groups in total. The van der Waals surface area contributed by atoms with Gasteiger partial charge in [0.25, 0.3) is 0 Å². The van der Waals surface area contributed by atoms with E-state index in [2.05, 4.69) is 15.1 Å². The molecular formula is C13H9F2N5O2. The van der Waals surface area contributed by atoms with Crippen LogP contribution in [0.3, 0.4) is 0 Å². The Hall–Kier alpha value is -3.10. The summed E-state index contributed by atoms with van der Waals surface area (Å²) < 4.78 is 29.0. The summed E-state index contributed by atoms with van der Waals surface area (Å²) in [5.74, 6) is -4.00. The Morgan fingerprint density at radius 1 is 1.32 bits per heavy atom. The van der Waals surface area contributed by atoms with Crippen molar-refractivity contribution >= 4 is 23.0 Å². The second kappa shape index (κ2) is 4.72. The van der Waals surface area contributed by atoms with Gasteiger partial charge in [0.2, 0.25) is 5.95 Å². The number of fused-ring (bicyclic) bond motifs is 1. The number of benzene rings is 1. The van der Waals surface area contributed by atoms with Gasteiger partial charge < -0.3 is 10.8 Å². The maximum absolute atomic E-state index is 13.8. The largest absolute Gasteiger partial charge is 0.477 e. The first-order valence-electron chi connectivity index (χ1n) is 6.06. The molecule has 0 unspecified atom stereocenters. The van der Waals surface area contributed by atoms with Crippen LogP contribution in [0.15, 0.2) is 18.3 Å². The number of rotatable bonds is 2. The van der Waals surface area contributed by atoms with Crippen LogP contribution in [0, 0.1) is 11.6 Å². The van der Waals surface area contributed by atoms with Gasteiger partial charge in [-0.1, -0.05) is 0 Å². The van der Waals surface area contributed by atoms with Gasteiger partial charge in [-0.25, -0.2) is 23.2 Å². The number of hydrogen-bond donors (Lipinski definition) is 2. The zero-order chi connectivity index (χ0) is 16.0. The van der Waals surface area contributed by atoms with Crippen molar-refractivity contribution in [2.75, 3.05) is 5.73 Å². The summed E-state index contributed by atoms with van der Waals surface area (Å²) in [5, 5.41) is 13.4. The van der Waals surface area contributed by atoms with Gasteiger partial charge in [0.15, 0.2) is 5.65 Å². The lowest BCUT2D eigenvalue weighted by Crippen LogP contribution is -2.05. The van der Waals surface area contributed by atoms with Gasteiger partial charge in [-0.2, -0.15) is 10.1 Å². The van der Waals surface area contributed by atoms with Crippen molar-refractivity contribution in [3.63, 3.8) is 0 Å². The van der Waals surface area contributed by atoms with E-state index >= 15 is 0 Å². The Kier molecular flexibility index (Phi) is 2.98. The molecule has 0 bridgehead atoms. The van der Waals surface area contributed by atoms with Crippen LogP contribution < -0.4 is 5.73 Å². The molecule has 1 aromatic carbocycles. The fraction of sp³-hybridized carbons (Fsp3) is 0.0769. The second-order valence-electron chi connectivity index (χ2n) is 4.56. The summed E-state index contributed by atoms with van der Waals surface area (Å²) in [5.41, 5.74) is 5.19. The summed E-state index contributed by atoms with van der Waals surface area (Å²) in [6.07, 6.45) is 1.39. The van der Waals surface area contributed by atoms with Crippen molar-refractivity contribution in [1.29, 1.82) is 0 Å². The SMILES string of the molecule is Cn1nc(-c2cc(F)c(C(=O)O)c(F)c2)c2cnc(N)nc21. The molecule has 2 heterocycles. The van der Waals surface area contributed by atoms with Crippen LogP contribution in [0.5, 0.6) is 0 Å². The van der Waals surface area contributed by atoms with Gasteiger partial charge >= 0.3 is 5.97 Å². The third kappa shape index (κ3) is 2.03. The number of aromatic carboxylic acids is 1. The molecule has 9 heteroatoms. The minimum absolute atomic E-state index is 0.0423. The highest BCUT2D eigenvalue weighted by Crippen LogP contribution is 2.29. The predicted octanol–water partition coefficient (Wildman–Crippen LogP) is 1.59. The van der Waals surface area contributed by atoms with E-state index < -0.39 is 23.2 Å². The number of nitrogen functional groups attached to an aromatic ring is 1. The molecule has 22 heavy (non-hydrogen) atoms. The summed E-state index contributed by atoms with van der Waals surface area (Å²) in [7, 11) is 1.59. The van der Waals surface area contributed by atoms with Crippen LogP contribution in [-0.2, 0) is 7.05 Å². The summed E-state index contributed by atoms with van der Waals surface area (Å²) in [4.78, 5) is 18.6. The average molecular weight is 305 g/mol. The number of nitrogens with two attached hydrogens (primary N) is 1. The molecule has 112 valence electrons. The highest BCUT2D eigenvalue weighted by atomic mass is 19.1. The molecule has 0 saturated heterocycles. The molecule has 0 fully saturated rings. The maximum Gasteiger partial charge on any atom is 0.341 e. The van der Waals surface area contributed by atoms with Gasteiger partial charge in [0.1, 0.15) is 22.9 Å². The fourth-order valence-electron chi connectivity index (χ4n) is 2.18. The molecule has 0 radical (unpaired) electrons. The zero-order valence-corrected chi connectivity index (χ0v) is 11.2. The summed E-state index contributed by atoms with van der Waals surface area (Å²) in [6.45, 7) is 0. The molecule has 7 nitrogen and oxygen atoms in total. The molecular weight excluding hydrogens is 296 g/mol. The van der Waals surface area contributed by atoms with Gasteiger partial charge in [-0.15, -0.1) is 0 Å². The van der Waals surface area contributed by atoms with E-state index in [9.17, 15) is 13.6 Å². The van der Waals surface area contributed by atoms with E-state index in [-0.39, 0.29) is 17.2 Å². The molecule has 3 rings (SSSR count). The van der Waals surface area contributed by atoms with Gasteiger partial charge in [0.05, 0.1) is 5.39 Å². The Morgan fingerprint density at radius 2 is 1.95 bits per heavy atom. The fourth-order valence-corrected chi connectivity index (χ4v) is 2.18. The molecule has 0 amide bonds. The first-order chi connectivity index (χ1) is 10.4. The first-order valence-corrected chi connectivity index (χ1v) is 6.06. The van der Waals surface area contributed by atoms with E-state index in [1.54, 1.807) is 7.05 Å². The highest BCUT2D eigenvalue weighted by Gasteiger charge is 2.21. The van der Waals surface area contributed by atoms with Crippen molar-refractivity contribution in [1.82, 2.24) is 19.7 Å². The topological polar surface area (TPSA) is 107 Å². The minimum atomic E-state index is -1.68. The smallest absolute Gasteiger partial charge is 0.341 e. The third-order valence-electron chi connectivity index (χ3n) is 3.13. The van der Waals surface area contributed by atoms with Gasteiger partial charge in [-0.3, -0.25) is 0 Å². The number of halogens is 2. The van der Waals surface area contributed by atoms with E-state index in [1.165, 1.54) is 10.9 Å². The Labute approximate surface area is 122 Å². The van der Waals surface area contributed by atoms with E-state index in [0.29, 0.717) is 11.0 Å². The van der Waals surface area contributed by atoms with Crippen LogP contribution in [0.2, 0.25) is 0 Å². The van der Waals surface area contributed by atoms with E-state index in [0.717, 1.165) is 12.1 Å². The molecule has 0 aliphatic heterocycles. The molecule has 0 aliphatic rings. The van der Waals surface area contributed by atoms with Crippen molar-refractivity contribution in [3.8, 4) is 11.3 Å². The van der Waals surface area contributed by atoms with Crippen molar-refractivity contribution in [3.05, 3.63) is 35.5 Å². The van der Waals surface area contributed by atoms with Crippen LogP contribution >= 0.6 is 0 Å². The van der Waals surface area contributed by atoms with E-state index in [1.807, 2.05) is 0 Å². The van der Waals surface area contributed by atoms with Crippen molar-refractivity contribution in [2.24, 2.45) is 7.05 Å². The summed E-state index contributed by atoms with van der Waals surface area (Å²) in [6, 6.07) is 1.81. The average Bonchev–Trinajstić information content (AvgIpc) is 2.74. The van der Waals surface area contributed by atoms with Crippen LogP contribution in [0.4, 0.5) is 14.7 Å². The minimum Gasteiger partial charge on any atom is -0.477 e. The first kappa shape index (κ1) is 13.9. The third-order valence-corrected chi connectivity index (χ3v) is 3.13. The normalized spacial score (nSPS) is 11.0. The Morgan fingerprint density at radius 3 is 2.55 bits per heavy atom. The Bertz CT molecular complexity index is 899. The lowest BCUT2D eigenvalue weighted by atomic mass is 10.1. The van der Waals surface area contributed by atoms with Crippen LogP contribution in [0.25, 0.3) is 22.3 Å². The number of aryl methyl sites for hydroxylation is 1. The van der Waals surface area contributed by atoms with Crippen LogP contribution in [-0.4, -0.2) is 30.8 Å². The van der Waals surface area contributed by atoms with Gasteiger partial charge in [-0.05, 0) is 12.1 Å². The van der Waals surface area contributed by atoms with Crippen LogP contribution in [0.1, 0.15) is 10.4 Å². The maximum atomic E-state index is 13.8. The number of carbonyl (C=O) groups is 1. The number of carboxylic acids is 1. The quantitative estimate of drug-likeness (QED) is 0.744. The number of anilines is 1. The number of aromatic nitrogens is 4. The zero-order valence-electron chi connectivity index (χ0n) is 11.2. The molecule has 3 aromatic rings. The summed E-state index contributed by atoms with van der Waals surface area (Å²) >= 11 is 0. The van der Waals surface area contributed by atoms with Crippen molar-refractivity contribution in [2.45, 2.75) is 0 Å². The molecule has 0 atom stereocenters. The Balaban J connectivity index is 2.27. The standard InChI is InChI=1S/C13H9F2N5O2/c1-20-11-6(4-17-13(16)18-11)10(19-20)5-2-7(14)9(12(21)22)8(15)3-5/h2-4H,1H3,(H,21,22)(H2,16,17,18). The van der Waals surface area contributed by atoms with Crippen molar-refractivity contribution < 1.29 is 18.7 Å². The molecule has 0 spiro atoms. The monoisotopic (exact) mass is 305 g/mol. The highest BCUT2D eigenvalue weighted by molar-refractivity contribution is 5.93. The number of carboxylic acid groups (broad SMARTS) is 1. The second-order valence-corrected chi connectivity index (χ2v) is 4.56. The van der Waals surface area contributed by atoms with E-state index in [4.69, 9.17) is 10.8 Å². The van der Waals surface area contributed by atoms with Gasteiger partial charge in [0, 0.05) is 18.8 Å². The number of hydrogen-bond acceptors (Lipinski definition) is 5. The molecule has 0 aliphatic carbocycles. The predicted molar refractivity (Wildman–Crippen MR) is 73.0 cm³/mol. The lowest BCUT2D eigenvalue weighted by Gasteiger charge is -2.03.